The largest absolute Gasteiger partial charge is 0.466 e. The topological polar surface area (TPSA) is 95.9 Å². The van der Waals surface area contributed by atoms with Gasteiger partial charge in [-0.15, -0.1) is 0 Å². The molecule has 0 fully saturated rings. The van der Waals surface area contributed by atoms with Crippen LogP contribution in [0.15, 0.2) is 12.2 Å². The molecule has 3 N–H and O–H groups in total. The molecule has 0 aromatic rings. The van der Waals surface area contributed by atoms with Crippen LogP contribution in [0.2, 0.25) is 0 Å². The molecule has 1 amide bonds. The minimum Gasteiger partial charge on any atom is -0.466 e. The van der Waals surface area contributed by atoms with E-state index in [1.165, 1.54) is 257 Å². The van der Waals surface area contributed by atoms with E-state index in [-0.39, 0.29) is 18.5 Å². The monoisotopic (exact) mass is 918 g/mol. The number of hydrogen-bond donors (Lipinski definition) is 3. The third-order valence-corrected chi connectivity index (χ3v) is 13.8. The van der Waals surface area contributed by atoms with Crippen molar-refractivity contribution in [3.8, 4) is 0 Å². The average molecular weight is 919 g/mol. The van der Waals surface area contributed by atoms with E-state index >= 15 is 0 Å². The zero-order valence-electron chi connectivity index (χ0n) is 44.0. The fourth-order valence-corrected chi connectivity index (χ4v) is 9.28. The summed E-state index contributed by atoms with van der Waals surface area (Å²) in [6.45, 7) is 4.96. The van der Waals surface area contributed by atoms with Crippen LogP contribution in [0.5, 0.6) is 0 Å². The molecule has 0 aliphatic rings. The number of esters is 1. The first-order valence-corrected chi connectivity index (χ1v) is 29.4. The number of carbonyl (C=O) groups excluding carboxylic acids is 2. The minimum absolute atomic E-state index is 0.0116. The van der Waals surface area contributed by atoms with Crippen LogP contribution in [0, 0.1) is 0 Å². The number of aliphatic hydroxyl groups excluding tert-OH is 2. The van der Waals surface area contributed by atoms with E-state index in [4.69, 9.17) is 4.74 Å². The summed E-state index contributed by atoms with van der Waals surface area (Å²) in [5.74, 6) is -0.0280. The second kappa shape index (κ2) is 55.2. The van der Waals surface area contributed by atoms with Gasteiger partial charge in [-0.1, -0.05) is 276 Å². The lowest BCUT2D eigenvalue weighted by Gasteiger charge is -2.22. The predicted molar refractivity (Wildman–Crippen MR) is 283 cm³/mol. The van der Waals surface area contributed by atoms with Gasteiger partial charge in [0.05, 0.1) is 25.4 Å². The molecule has 0 aliphatic carbocycles. The molecule has 0 aromatic heterocycles. The number of nitrogens with one attached hydrogen (secondary N) is 1. The summed E-state index contributed by atoms with van der Waals surface area (Å²) < 4.78 is 5.46. The summed E-state index contributed by atoms with van der Waals surface area (Å²) in [5, 5.41) is 23.2. The highest BCUT2D eigenvalue weighted by atomic mass is 16.5. The number of allylic oxidation sites excluding steroid dienone is 2. The number of carbonyl (C=O) groups is 2. The zero-order valence-corrected chi connectivity index (χ0v) is 44.0. The molecule has 0 saturated heterocycles. The second-order valence-corrected chi connectivity index (χ2v) is 20.3. The molecule has 0 bridgehead atoms. The van der Waals surface area contributed by atoms with E-state index in [2.05, 4.69) is 31.3 Å². The summed E-state index contributed by atoms with van der Waals surface area (Å²) in [7, 11) is 0. The van der Waals surface area contributed by atoms with Gasteiger partial charge in [0.15, 0.2) is 0 Å². The number of ether oxygens (including phenoxy) is 1. The van der Waals surface area contributed by atoms with Crippen LogP contribution >= 0.6 is 0 Å². The molecule has 6 heteroatoms. The fraction of sp³-hybridized carbons (Fsp3) is 0.932. The lowest BCUT2D eigenvalue weighted by Crippen LogP contribution is -2.45. The van der Waals surface area contributed by atoms with E-state index in [0.29, 0.717) is 25.9 Å². The highest BCUT2D eigenvalue weighted by Gasteiger charge is 2.20. The Morgan fingerprint density at radius 2 is 0.723 bits per heavy atom. The molecule has 0 spiro atoms. The Bertz CT molecular complexity index is 970. The van der Waals surface area contributed by atoms with Crippen LogP contribution in [0.3, 0.4) is 0 Å². The van der Waals surface area contributed by atoms with E-state index in [0.717, 1.165) is 38.5 Å². The van der Waals surface area contributed by atoms with E-state index < -0.39 is 12.1 Å². The first-order valence-electron chi connectivity index (χ1n) is 29.4. The van der Waals surface area contributed by atoms with Gasteiger partial charge in [0.1, 0.15) is 0 Å². The summed E-state index contributed by atoms with van der Waals surface area (Å²) in [6.07, 6.45) is 64.9. The molecule has 0 aromatic carbocycles. The van der Waals surface area contributed by atoms with Crippen LogP contribution < -0.4 is 5.32 Å². The Labute approximate surface area is 406 Å². The quantitative estimate of drug-likeness (QED) is 0.0321. The maximum atomic E-state index is 12.5. The molecular weight excluding hydrogens is 803 g/mol. The Kier molecular flexibility index (Phi) is 54.0. The maximum absolute atomic E-state index is 12.5. The van der Waals surface area contributed by atoms with Gasteiger partial charge in [-0.05, 0) is 51.4 Å². The summed E-state index contributed by atoms with van der Waals surface area (Å²) in [4.78, 5) is 24.5. The van der Waals surface area contributed by atoms with E-state index in [1.54, 1.807) is 0 Å². The van der Waals surface area contributed by atoms with Crippen LogP contribution in [0.25, 0.3) is 0 Å². The summed E-state index contributed by atoms with van der Waals surface area (Å²) in [5.41, 5.74) is 0. The van der Waals surface area contributed by atoms with Crippen molar-refractivity contribution >= 4 is 11.9 Å². The number of aliphatic hydroxyl groups is 2. The Morgan fingerprint density at radius 1 is 0.415 bits per heavy atom. The lowest BCUT2D eigenvalue weighted by molar-refractivity contribution is -0.143. The van der Waals surface area contributed by atoms with Crippen molar-refractivity contribution in [3.63, 3.8) is 0 Å². The van der Waals surface area contributed by atoms with E-state index in [1.807, 2.05) is 0 Å². The van der Waals surface area contributed by atoms with E-state index in [9.17, 15) is 19.8 Å². The second-order valence-electron chi connectivity index (χ2n) is 20.3. The predicted octanol–water partition coefficient (Wildman–Crippen LogP) is 18.1. The van der Waals surface area contributed by atoms with Gasteiger partial charge in [0.25, 0.3) is 0 Å². The van der Waals surface area contributed by atoms with Crippen LogP contribution in [-0.2, 0) is 14.3 Å². The first kappa shape index (κ1) is 63.6. The number of hydrogen-bond acceptors (Lipinski definition) is 5. The lowest BCUT2D eigenvalue weighted by atomic mass is 10.0. The Hall–Kier alpha value is -1.40. The molecule has 386 valence electrons. The summed E-state index contributed by atoms with van der Waals surface area (Å²) in [6, 6.07) is -0.544. The van der Waals surface area contributed by atoms with Crippen molar-refractivity contribution in [3.05, 3.63) is 12.2 Å². The third kappa shape index (κ3) is 51.8. The van der Waals surface area contributed by atoms with Gasteiger partial charge in [-0.2, -0.15) is 0 Å². The molecule has 0 radical (unpaired) electrons. The standard InChI is InChI=1S/C59H115NO5/c1-3-5-7-9-11-13-15-16-28-32-35-39-43-47-51-57(62)56(55-61)60-58(63)52-48-44-40-36-33-29-26-24-22-20-18-17-19-21-23-25-27-30-34-38-42-46-50-54-65-59(64)53-49-45-41-37-31-14-12-10-8-6-4-2/h20,22,56-57,61-62H,3-19,21,23-55H2,1-2H3,(H,60,63)/b22-20-. The van der Waals surface area contributed by atoms with Crippen molar-refractivity contribution in [2.45, 2.75) is 341 Å². The van der Waals surface area contributed by atoms with Crippen molar-refractivity contribution in [2.75, 3.05) is 13.2 Å². The van der Waals surface area contributed by atoms with Crippen molar-refractivity contribution < 1.29 is 24.5 Å². The minimum atomic E-state index is -0.666. The van der Waals surface area contributed by atoms with Crippen LogP contribution in [0.4, 0.5) is 0 Å². The molecule has 6 nitrogen and oxygen atoms in total. The average Bonchev–Trinajstić information content (AvgIpc) is 3.31. The molecule has 0 aliphatic heterocycles. The molecular formula is C59H115NO5. The molecule has 0 heterocycles. The SMILES string of the molecule is CCCCCCCCCCCCCCCCC(O)C(CO)NC(=O)CCCCCCCCC/C=C\CCCCCCCCCCCCCCOC(=O)CCCCCCCCCCCCC. The van der Waals surface area contributed by atoms with Crippen molar-refractivity contribution in [1.82, 2.24) is 5.32 Å². The maximum Gasteiger partial charge on any atom is 0.305 e. The van der Waals surface area contributed by atoms with Crippen molar-refractivity contribution in [2.24, 2.45) is 0 Å². The molecule has 65 heavy (non-hydrogen) atoms. The van der Waals surface area contributed by atoms with Gasteiger partial charge in [-0.3, -0.25) is 9.59 Å². The number of unbranched alkanes of at least 4 members (excludes halogenated alkanes) is 42. The molecule has 0 saturated carbocycles. The number of rotatable bonds is 55. The molecule has 0 rings (SSSR count). The summed E-state index contributed by atoms with van der Waals surface area (Å²) >= 11 is 0. The highest BCUT2D eigenvalue weighted by Crippen LogP contribution is 2.17. The molecule has 2 unspecified atom stereocenters. The Balaban J connectivity index is 3.40. The number of amides is 1. The molecule has 2 atom stereocenters. The third-order valence-electron chi connectivity index (χ3n) is 13.8. The van der Waals surface area contributed by atoms with Gasteiger partial charge in [0.2, 0.25) is 5.91 Å². The van der Waals surface area contributed by atoms with Gasteiger partial charge in [-0.25, -0.2) is 0 Å². The van der Waals surface area contributed by atoms with Crippen LogP contribution in [-0.4, -0.2) is 47.4 Å². The van der Waals surface area contributed by atoms with Crippen molar-refractivity contribution in [1.29, 1.82) is 0 Å². The first-order chi connectivity index (χ1) is 32.0. The normalized spacial score (nSPS) is 12.6. The highest BCUT2D eigenvalue weighted by molar-refractivity contribution is 5.76. The smallest absolute Gasteiger partial charge is 0.305 e. The Morgan fingerprint density at radius 3 is 1.09 bits per heavy atom. The fourth-order valence-electron chi connectivity index (χ4n) is 9.28. The zero-order chi connectivity index (χ0) is 47.2. The van der Waals surface area contributed by atoms with Gasteiger partial charge >= 0.3 is 5.97 Å². The van der Waals surface area contributed by atoms with Gasteiger partial charge < -0.3 is 20.3 Å². The van der Waals surface area contributed by atoms with Gasteiger partial charge in [0, 0.05) is 12.8 Å². The van der Waals surface area contributed by atoms with Crippen LogP contribution in [0.1, 0.15) is 328 Å².